The lowest BCUT2D eigenvalue weighted by molar-refractivity contribution is -0.130. The van der Waals surface area contributed by atoms with E-state index >= 15 is 0 Å². The van der Waals surface area contributed by atoms with Gasteiger partial charge in [-0.1, -0.05) is 6.92 Å². The van der Waals surface area contributed by atoms with E-state index in [2.05, 4.69) is 15.9 Å². The average Bonchev–Trinajstić information content (AvgIpc) is 2.74. The summed E-state index contributed by atoms with van der Waals surface area (Å²) in [5.74, 6) is 0.122. The molecule has 6 heteroatoms. The van der Waals surface area contributed by atoms with Crippen LogP contribution in [-0.4, -0.2) is 47.8 Å². The van der Waals surface area contributed by atoms with Crippen LogP contribution in [0.2, 0.25) is 0 Å². The largest absolute Gasteiger partial charge is 0.398 e. The predicted octanol–water partition coefficient (Wildman–Crippen LogP) is 2.12. The van der Waals surface area contributed by atoms with Crippen LogP contribution in [-0.2, 0) is 4.79 Å². The zero-order chi connectivity index (χ0) is 15.4. The monoisotopic (exact) mass is 353 g/mol. The second-order valence-electron chi connectivity index (χ2n) is 5.12. The number of rotatable bonds is 2. The molecule has 5 nitrogen and oxygen atoms in total. The first-order valence-electron chi connectivity index (χ1n) is 7.15. The fourth-order valence-electron chi connectivity index (χ4n) is 2.45. The molecular weight excluding hydrogens is 334 g/mol. The van der Waals surface area contributed by atoms with Crippen molar-refractivity contribution in [2.75, 3.05) is 31.9 Å². The third kappa shape index (κ3) is 3.75. The minimum Gasteiger partial charge on any atom is -0.398 e. The van der Waals surface area contributed by atoms with Crippen molar-refractivity contribution in [3.05, 3.63) is 28.2 Å². The van der Waals surface area contributed by atoms with Crippen molar-refractivity contribution >= 4 is 33.4 Å². The molecule has 1 saturated heterocycles. The highest BCUT2D eigenvalue weighted by Crippen LogP contribution is 2.21. The molecular formula is C15H20BrN3O2. The molecule has 0 radical (unpaired) electrons. The molecule has 2 rings (SSSR count). The topological polar surface area (TPSA) is 66.6 Å². The van der Waals surface area contributed by atoms with Gasteiger partial charge in [0, 0.05) is 48.3 Å². The van der Waals surface area contributed by atoms with Gasteiger partial charge in [0.1, 0.15) is 0 Å². The van der Waals surface area contributed by atoms with Crippen LogP contribution in [0.4, 0.5) is 5.69 Å². The Morgan fingerprint density at radius 3 is 2.52 bits per heavy atom. The van der Waals surface area contributed by atoms with E-state index in [-0.39, 0.29) is 11.8 Å². The maximum Gasteiger partial charge on any atom is 0.253 e. The summed E-state index contributed by atoms with van der Waals surface area (Å²) in [5.41, 5.74) is 6.97. The van der Waals surface area contributed by atoms with Gasteiger partial charge in [-0.2, -0.15) is 0 Å². The van der Waals surface area contributed by atoms with Crippen LogP contribution in [0.25, 0.3) is 0 Å². The van der Waals surface area contributed by atoms with Gasteiger partial charge in [-0.05, 0) is 40.5 Å². The fraction of sp³-hybridized carbons (Fsp3) is 0.467. The summed E-state index contributed by atoms with van der Waals surface area (Å²) in [7, 11) is 0. The zero-order valence-electron chi connectivity index (χ0n) is 12.1. The summed E-state index contributed by atoms with van der Waals surface area (Å²) in [6, 6.07) is 5.24. The molecule has 1 fully saturated rings. The molecule has 114 valence electrons. The van der Waals surface area contributed by atoms with Crippen molar-refractivity contribution in [3.8, 4) is 0 Å². The van der Waals surface area contributed by atoms with E-state index in [1.165, 1.54) is 0 Å². The lowest BCUT2D eigenvalue weighted by Crippen LogP contribution is -2.37. The highest BCUT2D eigenvalue weighted by molar-refractivity contribution is 9.10. The Hall–Kier alpha value is -1.56. The number of benzene rings is 1. The van der Waals surface area contributed by atoms with Crippen LogP contribution in [0.15, 0.2) is 22.7 Å². The summed E-state index contributed by atoms with van der Waals surface area (Å²) in [4.78, 5) is 27.9. The van der Waals surface area contributed by atoms with Gasteiger partial charge in [0.15, 0.2) is 0 Å². The quantitative estimate of drug-likeness (QED) is 0.828. The Balaban J connectivity index is 2.06. The first-order chi connectivity index (χ1) is 10.0. The standard InChI is InChI=1S/C15H20BrN3O2/c1-2-14(20)18-6-3-7-19(9-8-18)15(21)11-4-5-12(16)13(17)10-11/h4-5,10H,2-3,6-9,17H2,1H3. The van der Waals surface area contributed by atoms with E-state index in [4.69, 9.17) is 5.73 Å². The van der Waals surface area contributed by atoms with Gasteiger partial charge >= 0.3 is 0 Å². The molecule has 0 aliphatic carbocycles. The van der Waals surface area contributed by atoms with E-state index in [1.54, 1.807) is 23.1 Å². The molecule has 0 spiro atoms. The number of carbonyl (C=O) groups is 2. The number of amides is 2. The summed E-state index contributed by atoms with van der Waals surface area (Å²) in [6.45, 7) is 4.42. The number of hydrogen-bond donors (Lipinski definition) is 1. The Morgan fingerprint density at radius 1 is 1.19 bits per heavy atom. The van der Waals surface area contributed by atoms with E-state index in [1.807, 2.05) is 11.8 Å². The van der Waals surface area contributed by atoms with Crippen LogP contribution in [0, 0.1) is 0 Å². The van der Waals surface area contributed by atoms with Gasteiger partial charge in [-0.25, -0.2) is 0 Å². The highest BCUT2D eigenvalue weighted by Gasteiger charge is 2.22. The lowest BCUT2D eigenvalue weighted by atomic mass is 10.1. The van der Waals surface area contributed by atoms with E-state index < -0.39 is 0 Å². The van der Waals surface area contributed by atoms with Gasteiger partial charge < -0.3 is 15.5 Å². The predicted molar refractivity (Wildman–Crippen MR) is 85.9 cm³/mol. The smallest absolute Gasteiger partial charge is 0.253 e. The SMILES string of the molecule is CCC(=O)N1CCCN(C(=O)c2ccc(Br)c(N)c2)CC1. The molecule has 1 aliphatic heterocycles. The molecule has 0 aromatic heterocycles. The lowest BCUT2D eigenvalue weighted by Gasteiger charge is -2.22. The summed E-state index contributed by atoms with van der Waals surface area (Å²) >= 11 is 3.32. The number of anilines is 1. The van der Waals surface area contributed by atoms with Gasteiger partial charge in [0.05, 0.1) is 0 Å². The maximum absolute atomic E-state index is 12.5. The Bertz CT molecular complexity index is 548. The Labute approximate surface area is 133 Å². The van der Waals surface area contributed by atoms with E-state index in [0.29, 0.717) is 37.3 Å². The highest BCUT2D eigenvalue weighted by atomic mass is 79.9. The van der Waals surface area contributed by atoms with Gasteiger partial charge in [-0.3, -0.25) is 9.59 Å². The number of nitrogen functional groups attached to an aromatic ring is 1. The molecule has 2 amide bonds. The molecule has 1 aromatic carbocycles. The second-order valence-corrected chi connectivity index (χ2v) is 5.97. The minimum atomic E-state index is -0.0278. The Morgan fingerprint density at radius 2 is 1.86 bits per heavy atom. The first-order valence-corrected chi connectivity index (χ1v) is 7.94. The molecule has 0 unspecified atom stereocenters. The van der Waals surface area contributed by atoms with Crippen molar-refractivity contribution in [1.29, 1.82) is 0 Å². The number of hydrogen-bond acceptors (Lipinski definition) is 3. The first kappa shape index (κ1) is 15.8. The van der Waals surface area contributed by atoms with Gasteiger partial charge in [0.25, 0.3) is 5.91 Å². The molecule has 0 atom stereocenters. The van der Waals surface area contributed by atoms with Crippen LogP contribution < -0.4 is 5.73 Å². The molecule has 0 bridgehead atoms. The van der Waals surface area contributed by atoms with Crippen molar-refractivity contribution in [1.82, 2.24) is 9.80 Å². The molecule has 1 heterocycles. The second kappa shape index (κ2) is 6.93. The van der Waals surface area contributed by atoms with Crippen LogP contribution in [0.5, 0.6) is 0 Å². The maximum atomic E-state index is 12.5. The molecule has 21 heavy (non-hydrogen) atoms. The number of nitrogens with zero attached hydrogens (tertiary/aromatic N) is 2. The number of halogens is 1. The van der Waals surface area contributed by atoms with Gasteiger partial charge in [-0.15, -0.1) is 0 Å². The van der Waals surface area contributed by atoms with Crippen LogP contribution >= 0.6 is 15.9 Å². The molecule has 0 saturated carbocycles. The fourth-order valence-corrected chi connectivity index (χ4v) is 2.70. The summed E-state index contributed by atoms with van der Waals surface area (Å²) < 4.78 is 0.787. The zero-order valence-corrected chi connectivity index (χ0v) is 13.7. The molecule has 1 aliphatic rings. The van der Waals surface area contributed by atoms with Crippen molar-refractivity contribution in [2.45, 2.75) is 19.8 Å². The van der Waals surface area contributed by atoms with Crippen LogP contribution in [0.1, 0.15) is 30.1 Å². The number of carbonyl (C=O) groups excluding carboxylic acids is 2. The third-order valence-electron chi connectivity index (χ3n) is 3.68. The summed E-state index contributed by atoms with van der Waals surface area (Å²) in [5, 5.41) is 0. The van der Waals surface area contributed by atoms with Crippen LogP contribution in [0.3, 0.4) is 0 Å². The molecule has 2 N–H and O–H groups in total. The third-order valence-corrected chi connectivity index (χ3v) is 4.40. The normalized spacial score (nSPS) is 15.7. The van der Waals surface area contributed by atoms with Crippen molar-refractivity contribution < 1.29 is 9.59 Å². The van der Waals surface area contributed by atoms with Crippen molar-refractivity contribution in [2.24, 2.45) is 0 Å². The molecule has 1 aromatic rings. The summed E-state index contributed by atoms with van der Waals surface area (Å²) in [6.07, 6.45) is 1.32. The average molecular weight is 354 g/mol. The van der Waals surface area contributed by atoms with Gasteiger partial charge in [0.2, 0.25) is 5.91 Å². The minimum absolute atomic E-state index is 0.0278. The van der Waals surface area contributed by atoms with E-state index in [9.17, 15) is 9.59 Å². The van der Waals surface area contributed by atoms with E-state index in [0.717, 1.165) is 17.4 Å². The number of nitrogens with two attached hydrogens (primary N) is 1. The van der Waals surface area contributed by atoms with Crippen molar-refractivity contribution in [3.63, 3.8) is 0 Å². The Kier molecular flexibility index (Phi) is 5.22.